The summed E-state index contributed by atoms with van der Waals surface area (Å²) < 4.78 is 12.0. The fourth-order valence-electron chi connectivity index (χ4n) is 10.0. The number of carbonyl (C=O) groups is 2. The van der Waals surface area contributed by atoms with Crippen LogP contribution in [0.1, 0.15) is 66.4 Å². The average Bonchev–Trinajstić information content (AvgIpc) is 3.40. The molecule has 38 heavy (non-hydrogen) atoms. The minimum atomic E-state index is -0.538. The van der Waals surface area contributed by atoms with Crippen LogP contribution in [0.3, 0.4) is 0 Å². The predicted octanol–water partition coefficient (Wildman–Crippen LogP) is 6.09. The molecule has 2 saturated carbocycles. The minimum absolute atomic E-state index is 0.0529. The van der Waals surface area contributed by atoms with Crippen molar-refractivity contribution in [3.05, 3.63) is 52.8 Å². The first-order valence-corrected chi connectivity index (χ1v) is 14.6. The summed E-state index contributed by atoms with van der Waals surface area (Å²) in [5.74, 6) is 3.67. The summed E-state index contributed by atoms with van der Waals surface area (Å²) in [6.45, 7) is 14.2. The molecule has 0 aromatic heterocycles. The number of imide groups is 1. The molecule has 2 amide bonds. The highest BCUT2D eigenvalue weighted by atomic mass is 16.5. The molecule has 1 N–H and O–H groups in total. The Morgan fingerprint density at radius 3 is 2.45 bits per heavy atom. The van der Waals surface area contributed by atoms with Crippen LogP contribution in [0.5, 0.6) is 5.75 Å². The topological polar surface area (TPSA) is 64.6 Å². The quantitative estimate of drug-likeness (QED) is 0.299. The van der Waals surface area contributed by atoms with Crippen molar-refractivity contribution in [2.75, 3.05) is 7.11 Å². The first kappa shape index (κ1) is 25.7. The Morgan fingerprint density at radius 1 is 1.05 bits per heavy atom. The van der Waals surface area contributed by atoms with Gasteiger partial charge in [-0.1, -0.05) is 51.5 Å². The van der Waals surface area contributed by atoms with Gasteiger partial charge in [0.15, 0.2) is 0 Å². The standard InChI is InChI=1S/C33H43NO4/c1-17-12-18(2)25-14-24-27(33(25,6)15-17)19(3)16-32(5)20(4)38-29(28(24)32)26-23(30(35)34-31(26)36)13-21-8-10-22(37-7)11-9-21/h8-11,16-18,20,23-25,27-28H,12-15H2,1-7H3,(H,34,35,36)/b29-26-. The van der Waals surface area contributed by atoms with Crippen LogP contribution in [0.4, 0.5) is 0 Å². The summed E-state index contributed by atoms with van der Waals surface area (Å²) in [6.07, 6.45) is 6.64. The van der Waals surface area contributed by atoms with E-state index in [1.807, 2.05) is 24.3 Å². The molecule has 2 heterocycles. The average molecular weight is 518 g/mol. The number of allylic oxidation sites excluding steroid dienone is 2. The number of hydrogen-bond acceptors (Lipinski definition) is 4. The summed E-state index contributed by atoms with van der Waals surface area (Å²) in [6, 6.07) is 7.77. The second-order valence-corrected chi connectivity index (χ2v) is 13.7. The number of hydrogen-bond donors (Lipinski definition) is 1. The third-order valence-corrected chi connectivity index (χ3v) is 11.4. The number of methoxy groups -OCH3 is 1. The molecule has 0 radical (unpaired) electrons. The number of nitrogens with one attached hydrogen (secondary N) is 1. The van der Waals surface area contributed by atoms with E-state index in [2.05, 4.69) is 52.9 Å². The SMILES string of the molecule is COc1ccc(CC2C(=O)NC(=O)/C2=C2\OC(C)C3(C)C=C(C)C4C(CC5C(C)CC(C)CC54C)C23)cc1. The van der Waals surface area contributed by atoms with Crippen molar-refractivity contribution in [2.24, 2.45) is 52.3 Å². The van der Waals surface area contributed by atoms with E-state index in [4.69, 9.17) is 9.47 Å². The number of ether oxygens (including phenoxy) is 2. The zero-order chi connectivity index (χ0) is 27.1. The lowest BCUT2D eigenvalue weighted by Gasteiger charge is -2.50. The molecule has 0 bridgehead atoms. The maximum absolute atomic E-state index is 13.4. The largest absolute Gasteiger partial charge is 0.497 e. The molecule has 1 aromatic rings. The lowest BCUT2D eigenvalue weighted by Crippen LogP contribution is -2.44. The normalized spacial score (nSPS) is 45.6. The highest BCUT2D eigenvalue weighted by Gasteiger charge is 2.66. The van der Waals surface area contributed by atoms with Gasteiger partial charge in [0.25, 0.3) is 5.91 Å². The molecule has 204 valence electrons. The van der Waals surface area contributed by atoms with Gasteiger partial charge >= 0.3 is 0 Å². The van der Waals surface area contributed by atoms with Gasteiger partial charge in [0.05, 0.1) is 18.6 Å². The van der Waals surface area contributed by atoms with E-state index in [1.165, 1.54) is 24.8 Å². The van der Waals surface area contributed by atoms with Gasteiger partial charge in [-0.05, 0) is 92.2 Å². The summed E-state index contributed by atoms with van der Waals surface area (Å²) >= 11 is 0. The van der Waals surface area contributed by atoms with Gasteiger partial charge in [0, 0.05) is 11.3 Å². The number of carbonyl (C=O) groups excluding carboxylic acids is 2. The third kappa shape index (κ3) is 3.56. The molecule has 10 atom stereocenters. The van der Waals surface area contributed by atoms with Gasteiger partial charge in [0.1, 0.15) is 17.6 Å². The van der Waals surface area contributed by atoms with Gasteiger partial charge in [-0.3, -0.25) is 14.9 Å². The van der Waals surface area contributed by atoms with Crippen molar-refractivity contribution in [2.45, 2.75) is 73.3 Å². The van der Waals surface area contributed by atoms with Crippen molar-refractivity contribution >= 4 is 11.8 Å². The first-order chi connectivity index (χ1) is 18.0. The van der Waals surface area contributed by atoms with E-state index in [0.717, 1.165) is 23.0 Å². The van der Waals surface area contributed by atoms with Gasteiger partial charge in [0.2, 0.25) is 5.91 Å². The Labute approximate surface area is 227 Å². The molecule has 2 aliphatic heterocycles. The fraction of sp³-hybridized carbons (Fsp3) is 0.636. The Bertz CT molecular complexity index is 1230. The zero-order valence-corrected chi connectivity index (χ0v) is 24.0. The van der Waals surface area contributed by atoms with Crippen LogP contribution in [0.25, 0.3) is 0 Å². The third-order valence-electron chi connectivity index (χ3n) is 11.4. The molecule has 4 fully saturated rings. The molecule has 5 heteroatoms. The lowest BCUT2D eigenvalue weighted by molar-refractivity contribution is -0.125. The fourth-order valence-corrected chi connectivity index (χ4v) is 10.0. The maximum atomic E-state index is 13.4. The van der Waals surface area contributed by atoms with E-state index in [-0.39, 0.29) is 34.7 Å². The Morgan fingerprint density at radius 2 is 1.76 bits per heavy atom. The van der Waals surface area contributed by atoms with Crippen LogP contribution in [-0.2, 0) is 20.7 Å². The highest BCUT2D eigenvalue weighted by Crippen LogP contribution is 2.70. The summed E-state index contributed by atoms with van der Waals surface area (Å²) in [7, 11) is 1.64. The molecular weight excluding hydrogens is 474 g/mol. The summed E-state index contributed by atoms with van der Waals surface area (Å²) in [4.78, 5) is 26.6. The maximum Gasteiger partial charge on any atom is 0.258 e. The predicted molar refractivity (Wildman–Crippen MR) is 147 cm³/mol. The minimum Gasteiger partial charge on any atom is -0.497 e. The second-order valence-electron chi connectivity index (χ2n) is 13.7. The van der Waals surface area contributed by atoms with Crippen LogP contribution in [0.15, 0.2) is 47.2 Å². The van der Waals surface area contributed by atoms with Gasteiger partial charge in [-0.2, -0.15) is 0 Å². The van der Waals surface area contributed by atoms with E-state index < -0.39 is 5.92 Å². The molecule has 3 aliphatic carbocycles. The van der Waals surface area contributed by atoms with Crippen molar-refractivity contribution in [3.63, 3.8) is 0 Å². The van der Waals surface area contributed by atoms with Crippen molar-refractivity contribution in [1.29, 1.82) is 0 Å². The van der Waals surface area contributed by atoms with Crippen molar-refractivity contribution in [3.8, 4) is 5.75 Å². The van der Waals surface area contributed by atoms with Crippen LogP contribution in [0, 0.1) is 52.3 Å². The molecular formula is C33H43NO4. The second kappa shape index (κ2) is 8.72. The van der Waals surface area contributed by atoms with Crippen molar-refractivity contribution in [1.82, 2.24) is 5.32 Å². The molecule has 2 saturated heterocycles. The number of rotatable bonds is 3. The molecule has 5 nitrogen and oxygen atoms in total. The Kier molecular flexibility index (Phi) is 5.90. The van der Waals surface area contributed by atoms with E-state index >= 15 is 0 Å². The first-order valence-electron chi connectivity index (χ1n) is 14.6. The molecule has 6 rings (SSSR count). The van der Waals surface area contributed by atoms with Crippen LogP contribution >= 0.6 is 0 Å². The van der Waals surface area contributed by atoms with Gasteiger partial charge in [-0.15, -0.1) is 0 Å². The van der Waals surface area contributed by atoms with Crippen molar-refractivity contribution < 1.29 is 19.1 Å². The molecule has 0 spiro atoms. The lowest BCUT2D eigenvalue weighted by atomic mass is 9.53. The Hall–Kier alpha value is -2.56. The van der Waals surface area contributed by atoms with E-state index in [9.17, 15) is 9.59 Å². The van der Waals surface area contributed by atoms with E-state index in [0.29, 0.717) is 35.7 Å². The Balaban J connectivity index is 1.45. The molecule has 1 aromatic carbocycles. The summed E-state index contributed by atoms with van der Waals surface area (Å²) in [5, 5.41) is 2.64. The number of benzene rings is 1. The molecule has 10 unspecified atom stereocenters. The number of fused-ring (bicyclic) bond motifs is 5. The molecule has 5 aliphatic rings. The monoisotopic (exact) mass is 517 g/mol. The van der Waals surface area contributed by atoms with Crippen LogP contribution in [-0.4, -0.2) is 25.0 Å². The van der Waals surface area contributed by atoms with Crippen LogP contribution in [0.2, 0.25) is 0 Å². The summed E-state index contributed by atoms with van der Waals surface area (Å²) in [5.41, 5.74) is 3.15. The smallest absolute Gasteiger partial charge is 0.258 e. The van der Waals surface area contributed by atoms with Gasteiger partial charge in [-0.25, -0.2) is 0 Å². The zero-order valence-electron chi connectivity index (χ0n) is 24.0. The highest BCUT2D eigenvalue weighted by molar-refractivity contribution is 6.15. The van der Waals surface area contributed by atoms with Gasteiger partial charge < -0.3 is 9.47 Å². The van der Waals surface area contributed by atoms with Crippen LogP contribution < -0.4 is 10.1 Å². The van der Waals surface area contributed by atoms with E-state index in [1.54, 1.807) is 7.11 Å². The number of amides is 2.